The zero-order valence-corrected chi connectivity index (χ0v) is 14.8. The van der Waals surface area contributed by atoms with Crippen LogP contribution in [0.2, 0.25) is 5.15 Å². The van der Waals surface area contributed by atoms with Gasteiger partial charge in [-0.25, -0.2) is 4.79 Å². The molecule has 7 heteroatoms. The van der Waals surface area contributed by atoms with Gasteiger partial charge in [0.2, 0.25) is 5.88 Å². The van der Waals surface area contributed by atoms with E-state index >= 15 is 0 Å². The van der Waals surface area contributed by atoms with E-state index in [1.54, 1.807) is 11.1 Å². The first-order chi connectivity index (χ1) is 10.7. The van der Waals surface area contributed by atoms with Crippen molar-refractivity contribution < 1.29 is 14.3 Å². The third-order valence-electron chi connectivity index (χ3n) is 3.68. The van der Waals surface area contributed by atoms with E-state index in [9.17, 15) is 4.79 Å². The number of carbonyl (C=O) groups excluding carboxylic acids is 1. The highest BCUT2D eigenvalue weighted by atomic mass is 35.5. The lowest BCUT2D eigenvalue weighted by Crippen LogP contribution is -2.37. The fourth-order valence-electron chi connectivity index (χ4n) is 2.45. The first kappa shape index (κ1) is 17.8. The Kier molecular flexibility index (Phi) is 5.68. The van der Waals surface area contributed by atoms with Crippen molar-refractivity contribution in [3.8, 4) is 5.88 Å². The van der Waals surface area contributed by atoms with Gasteiger partial charge in [-0.15, -0.1) is 0 Å². The third-order valence-corrected chi connectivity index (χ3v) is 3.86. The number of rotatable bonds is 2. The molecule has 0 aromatic carbocycles. The van der Waals surface area contributed by atoms with Crippen LogP contribution in [-0.4, -0.2) is 45.8 Å². The lowest BCUT2D eigenvalue weighted by atomic mass is 10.00. The van der Waals surface area contributed by atoms with Gasteiger partial charge in [-0.2, -0.15) is 4.98 Å². The number of hydrogen-bond acceptors (Lipinski definition) is 5. The molecule has 1 aliphatic rings. The highest BCUT2D eigenvalue weighted by Gasteiger charge is 2.29. The number of nitrogens with zero attached hydrogens (tertiary/aromatic N) is 3. The second-order valence-corrected chi connectivity index (χ2v) is 7.25. The van der Waals surface area contributed by atoms with Crippen LogP contribution in [-0.2, 0) is 4.74 Å². The number of aromatic nitrogens is 2. The zero-order chi connectivity index (χ0) is 17.0. The SMILES string of the molecule is CC1CCN(C(=O)OC(C)(C)C)CCC1Oc1cncc(Cl)n1. The fraction of sp³-hybridized carbons (Fsp3) is 0.688. The number of likely N-dealkylation sites (tertiary alicyclic amines) is 1. The first-order valence-electron chi connectivity index (χ1n) is 7.87. The minimum absolute atomic E-state index is 0.0322. The molecule has 0 saturated carbocycles. The summed E-state index contributed by atoms with van der Waals surface area (Å²) in [5.41, 5.74) is -0.485. The first-order valence-corrected chi connectivity index (χ1v) is 8.24. The van der Waals surface area contributed by atoms with Gasteiger partial charge in [0.25, 0.3) is 0 Å². The average molecular weight is 342 g/mol. The molecule has 2 rings (SSSR count). The fourth-order valence-corrected chi connectivity index (χ4v) is 2.59. The highest BCUT2D eigenvalue weighted by Crippen LogP contribution is 2.24. The summed E-state index contributed by atoms with van der Waals surface area (Å²) in [5.74, 6) is 0.711. The van der Waals surface area contributed by atoms with Crippen LogP contribution in [0.25, 0.3) is 0 Å². The molecular weight excluding hydrogens is 318 g/mol. The van der Waals surface area contributed by atoms with Crippen LogP contribution < -0.4 is 4.74 Å². The largest absolute Gasteiger partial charge is 0.473 e. The average Bonchev–Trinajstić information content (AvgIpc) is 2.60. The van der Waals surface area contributed by atoms with Crippen molar-refractivity contribution in [1.29, 1.82) is 0 Å². The van der Waals surface area contributed by atoms with Crippen LogP contribution in [0.4, 0.5) is 4.79 Å². The third kappa shape index (κ3) is 5.53. The van der Waals surface area contributed by atoms with Crippen molar-refractivity contribution in [2.45, 2.75) is 52.2 Å². The number of ether oxygens (including phenoxy) is 2. The maximum absolute atomic E-state index is 12.2. The molecule has 0 aliphatic carbocycles. The summed E-state index contributed by atoms with van der Waals surface area (Å²) in [6.07, 6.45) is 4.28. The van der Waals surface area contributed by atoms with Crippen LogP contribution in [0, 0.1) is 5.92 Å². The summed E-state index contributed by atoms with van der Waals surface area (Å²) < 4.78 is 11.4. The molecule has 128 valence electrons. The number of halogens is 1. The topological polar surface area (TPSA) is 64.6 Å². The quantitative estimate of drug-likeness (QED) is 0.823. The molecule has 23 heavy (non-hydrogen) atoms. The molecule has 0 bridgehead atoms. The van der Waals surface area contributed by atoms with Crippen LogP contribution in [0.3, 0.4) is 0 Å². The van der Waals surface area contributed by atoms with E-state index in [4.69, 9.17) is 21.1 Å². The number of carbonyl (C=O) groups is 1. The van der Waals surface area contributed by atoms with Gasteiger partial charge >= 0.3 is 6.09 Å². The van der Waals surface area contributed by atoms with Gasteiger partial charge in [-0.05, 0) is 33.1 Å². The van der Waals surface area contributed by atoms with Gasteiger partial charge < -0.3 is 14.4 Å². The van der Waals surface area contributed by atoms with Crippen LogP contribution in [0.1, 0.15) is 40.5 Å². The minimum atomic E-state index is -0.485. The molecule has 1 aromatic heterocycles. The summed E-state index contributed by atoms with van der Waals surface area (Å²) in [5, 5.41) is 0.305. The van der Waals surface area contributed by atoms with Crippen LogP contribution in [0.15, 0.2) is 12.4 Å². The second-order valence-electron chi connectivity index (χ2n) is 6.86. The molecule has 0 N–H and O–H groups in total. The van der Waals surface area contributed by atoms with E-state index in [2.05, 4.69) is 16.9 Å². The Labute approximate surface area is 142 Å². The Bertz CT molecular complexity index is 548. The van der Waals surface area contributed by atoms with Gasteiger partial charge in [0, 0.05) is 19.5 Å². The Morgan fingerprint density at radius 2 is 2.00 bits per heavy atom. The molecule has 0 radical (unpaired) electrons. The van der Waals surface area contributed by atoms with Crippen LogP contribution >= 0.6 is 11.6 Å². The van der Waals surface area contributed by atoms with Crippen molar-refractivity contribution in [1.82, 2.24) is 14.9 Å². The van der Waals surface area contributed by atoms with Crippen molar-refractivity contribution in [3.63, 3.8) is 0 Å². The molecule has 0 spiro atoms. The predicted molar refractivity (Wildman–Crippen MR) is 87.7 cm³/mol. The minimum Gasteiger partial charge on any atom is -0.473 e. The summed E-state index contributed by atoms with van der Waals surface area (Å²) in [7, 11) is 0. The Morgan fingerprint density at radius 1 is 1.30 bits per heavy atom. The van der Waals surface area contributed by atoms with E-state index in [0.29, 0.717) is 36.5 Å². The molecule has 2 atom stereocenters. The lowest BCUT2D eigenvalue weighted by Gasteiger charge is -2.26. The maximum atomic E-state index is 12.2. The maximum Gasteiger partial charge on any atom is 0.410 e. The second kappa shape index (κ2) is 7.34. The lowest BCUT2D eigenvalue weighted by molar-refractivity contribution is 0.0252. The Balaban J connectivity index is 1.96. The smallest absolute Gasteiger partial charge is 0.410 e. The van der Waals surface area contributed by atoms with Gasteiger partial charge in [-0.3, -0.25) is 4.98 Å². The van der Waals surface area contributed by atoms with Gasteiger partial charge in [0.1, 0.15) is 11.7 Å². The highest BCUT2D eigenvalue weighted by molar-refractivity contribution is 6.29. The van der Waals surface area contributed by atoms with Crippen molar-refractivity contribution in [2.24, 2.45) is 5.92 Å². The standard InChI is InChI=1S/C16H24ClN3O3/c1-11-5-7-20(15(21)23-16(2,3)4)8-6-12(11)22-14-10-18-9-13(17)19-14/h9-12H,5-8H2,1-4H3. The molecular formula is C16H24ClN3O3. The van der Waals surface area contributed by atoms with Crippen LogP contribution in [0.5, 0.6) is 5.88 Å². The summed E-state index contributed by atoms with van der Waals surface area (Å²) >= 11 is 5.83. The molecule has 1 amide bonds. The van der Waals surface area contributed by atoms with Crippen molar-refractivity contribution in [2.75, 3.05) is 13.1 Å². The zero-order valence-electron chi connectivity index (χ0n) is 14.1. The summed E-state index contributed by atoms with van der Waals surface area (Å²) in [6, 6.07) is 0. The van der Waals surface area contributed by atoms with E-state index in [-0.39, 0.29) is 12.2 Å². The number of hydrogen-bond donors (Lipinski definition) is 0. The molecule has 6 nitrogen and oxygen atoms in total. The Morgan fingerprint density at radius 3 is 2.65 bits per heavy atom. The number of amides is 1. The van der Waals surface area contributed by atoms with Gasteiger partial charge in [0.05, 0.1) is 12.4 Å². The molecule has 2 unspecified atom stereocenters. The summed E-state index contributed by atoms with van der Waals surface area (Å²) in [4.78, 5) is 22.0. The molecule has 1 aromatic rings. The molecule has 1 saturated heterocycles. The van der Waals surface area contributed by atoms with Gasteiger partial charge in [-0.1, -0.05) is 18.5 Å². The monoisotopic (exact) mass is 341 g/mol. The van der Waals surface area contributed by atoms with Crippen molar-refractivity contribution >= 4 is 17.7 Å². The van der Waals surface area contributed by atoms with E-state index < -0.39 is 5.60 Å². The van der Waals surface area contributed by atoms with Crippen molar-refractivity contribution in [3.05, 3.63) is 17.5 Å². The van der Waals surface area contributed by atoms with E-state index in [1.165, 1.54) is 6.20 Å². The Hall–Kier alpha value is -1.56. The molecule has 1 fully saturated rings. The molecule has 2 heterocycles. The molecule has 1 aliphatic heterocycles. The van der Waals surface area contributed by atoms with E-state index in [0.717, 1.165) is 6.42 Å². The van der Waals surface area contributed by atoms with Gasteiger partial charge in [0.15, 0.2) is 5.15 Å². The predicted octanol–water partition coefficient (Wildman–Crippen LogP) is 3.54. The summed E-state index contributed by atoms with van der Waals surface area (Å²) in [6.45, 7) is 8.98. The van der Waals surface area contributed by atoms with E-state index in [1.807, 2.05) is 20.8 Å². The normalized spacial score (nSPS) is 22.4.